The molecule has 1 aliphatic rings. The minimum absolute atomic E-state index is 0.0218. The highest BCUT2D eigenvalue weighted by molar-refractivity contribution is 6.30. The lowest BCUT2D eigenvalue weighted by Crippen LogP contribution is -2.46. The Hall–Kier alpha value is -1.75. The summed E-state index contributed by atoms with van der Waals surface area (Å²) in [5, 5.41) is 6.17. The van der Waals surface area contributed by atoms with Crippen LogP contribution in [-0.2, 0) is 9.59 Å². The zero-order valence-electron chi connectivity index (χ0n) is 13.3. The fourth-order valence-electron chi connectivity index (χ4n) is 2.70. The smallest absolute Gasteiger partial charge is 0.258 e. The molecule has 2 unspecified atom stereocenters. The average molecular weight is 339 g/mol. The molecule has 0 radical (unpaired) electrons. The van der Waals surface area contributed by atoms with Gasteiger partial charge >= 0.3 is 0 Å². The Kier molecular flexibility index (Phi) is 6.71. The lowest BCUT2D eigenvalue weighted by atomic mass is 9.86. The van der Waals surface area contributed by atoms with Crippen LogP contribution >= 0.6 is 11.6 Å². The average Bonchev–Trinajstić information content (AvgIpc) is 2.54. The topological polar surface area (TPSA) is 67.4 Å². The Morgan fingerprint density at radius 1 is 1.17 bits per heavy atom. The molecule has 0 aromatic heterocycles. The molecule has 1 aromatic carbocycles. The summed E-state index contributed by atoms with van der Waals surface area (Å²) in [6.07, 6.45) is 4.54. The first kappa shape index (κ1) is 17.6. The van der Waals surface area contributed by atoms with Gasteiger partial charge in [-0.25, -0.2) is 0 Å². The molecule has 5 nitrogen and oxygen atoms in total. The molecule has 0 saturated heterocycles. The van der Waals surface area contributed by atoms with Gasteiger partial charge in [-0.05, 0) is 43.0 Å². The summed E-state index contributed by atoms with van der Waals surface area (Å²) in [5.41, 5.74) is 0. The maximum Gasteiger partial charge on any atom is 0.258 e. The van der Waals surface area contributed by atoms with Gasteiger partial charge in [0.15, 0.2) is 6.61 Å². The number of amides is 2. The van der Waals surface area contributed by atoms with Gasteiger partial charge in [0.2, 0.25) is 5.91 Å². The van der Waals surface area contributed by atoms with E-state index < -0.39 is 0 Å². The summed E-state index contributed by atoms with van der Waals surface area (Å²) in [5.74, 6) is 0.581. The molecule has 0 heterocycles. The van der Waals surface area contributed by atoms with Crippen molar-refractivity contribution in [3.63, 3.8) is 0 Å². The van der Waals surface area contributed by atoms with Gasteiger partial charge in [-0.1, -0.05) is 31.4 Å². The van der Waals surface area contributed by atoms with Crippen LogP contribution < -0.4 is 15.4 Å². The molecule has 1 fully saturated rings. The summed E-state index contributed by atoms with van der Waals surface area (Å²) in [6, 6.07) is 6.97. The largest absolute Gasteiger partial charge is 0.484 e. The van der Waals surface area contributed by atoms with E-state index in [1.807, 2.05) is 0 Å². The fourth-order valence-corrected chi connectivity index (χ4v) is 2.82. The van der Waals surface area contributed by atoms with Crippen LogP contribution in [0.15, 0.2) is 24.3 Å². The molecule has 2 amide bonds. The van der Waals surface area contributed by atoms with Gasteiger partial charge in [0, 0.05) is 11.1 Å². The number of ether oxygens (including phenoxy) is 1. The highest BCUT2D eigenvalue weighted by Gasteiger charge is 2.22. The van der Waals surface area contributed by atoms with E-state index in [9.17, 15) is 9.59 Å². The molecule has 2 atom stereocenters. The van der Waals surface area contributed by atoms with E-state index in [2.05, 4.69) is 17.6 Å². The van der Waals surface area contributed by atoms with Gasteiger partial charge in [-0.2, -0.15) is 0 Å². The van der Waals surface area contributed by atoms with Gasteiger partial charge < -0.3 is 15.4 Å². The van der Waals surface area contributed by atoms with Crippen LogP contribution in [0, 0.1) is 5.92 Å². The lowest BCUT2D eigenvalue weighted by Gasteiger charge is -2.29. The van der Waals surface area contributed by atoms with E-state index in [1.165, 1.54) is 6.42 Å². The van der Waals surface area contributed by atoms with Crippen molar-refractivity contribution < 1.29 is 14.3 Å². The van der Waals surface area contributed by atoms with E-state index in [-0.39, 0.29) is 31.0 Å². The zero-order chi connectivity index (χ0) is 16.7. The first-order chi connectivity index (χ1) is 11.0. The number of carbonyl (C=O) groups is 2. The van der Waals surface area contributed by atoms with E-state index in [0.29, 0.717) is 16.7 Å². The number of hydrogen-bond acceptors (Lipinski definition) is 3. The van der Waals surface area contributed by atoms with Crippen LogP contribution in [-0.4, -0.2) is 31.0 Å². The number of benzene rings is 1. The predicted octanol–water partition coefficient (Wildman–Crippen LogP) is 2.53. The van der Waals surface area contributed by atoms with Gasteiger partial charge in [-0.3, -0.25) is 9.59 Å². The lowest BCUT2D eigenvalue weighted by molar-refractivity contribution is -0.127. The van der Waals surface area contributed by atoms with Crippen LogP contribution in [0.4, 0.5) is 0 Å². The van der Waals surface area contributed by atoms with Gasteiger partial charge in [0.1, 0.15) is 5.75 Å². The SMILES string of the molecule is CC1CCCCC1NC(=O)CNC(=O)COc1ccc(Cl)cc1. The van der Waals surface area contributed by atoms with Crippen molar-refractivity contribution in [1.82, 2.24) is 10.6 Å². The molecule has 1 aliphatic carbocycles. The van der Waals surface area contributed by atoms with Gasteiger partial charge in [-0.15, -0.1) is 0 Å². The second-order valence-electron chi connectivity index (χ2n) is 5.96. The second-order valence-corrected chi connectivity index (χ2v) is 6.39. The number of nitrogens with one attached hydrogen (secondary N) is 2. The van der Waals surface area contributed by atoms with Crippen molar-refractivity contribution in [2.24, 2.45) is 5.92 Å². The van der Waals surface area contributed by atoms with E-state index in [4.69, 9.17) is 16.3 Å². The number of halogens is 1. The Balaban J connectivity index is 1.65. The minimum Gasteiger partial charge on any atom is -0.484 e. The molecule has 6 heteroatoms. The maximum atomic E-state index is 11.9. The third kappa shape index (κ3) is 6.10. The standard InChI is InChI=1S/C17H23ClN2O3/c1-12-4-2-3-5-15(12)20-16(21)10-19-17(22)11-23-14-8-6-13(18)7-9-14/h6-9,12,15H,2-5,10-11H2,1H3,(H,19,22)(H,20,21). The summed E-state index contributed by atoms with van der Waals surface area (Å²) in [7, 11) is 0. The van der Waals surface area contributed by atoms with Crippen molar-refractivity contribution in [2.45, 2.75) is 38.6 Å². The van der Waals surface area contributed by atoms with Crippen molar-refractivity contribution in [1.29, 1.82) is 0 Å². The highest BCUT2D eigenvalue weighted by atomic mass is 35.5. The zero-order valence-corrected chi connectivity index (χ0v) is 14.1. The van der Waals surface area contributed by atoms with Crippen LogP contribution in [0.5, 0.6) is 5.75 Å². The molecule has 2 rings (SSSR count). The van der Waals surface area contributed by atoms with E-state index >= 15 is 0 Å². The Morgan fingerprint density at radius 2 is 1.87 bits per heavy atom. The minimum atomic E-state index is -0.327. The van der Waals surface area contributed by atoms with Crippen LogP contribution in [0.1, 0.15) is 32.6 Å². The Labute approximate surface area is 141 Å². The predicted molar refractivity (Wildman–Crippen MR) is 89.5 cm³/mol. The summed E-state index contributed by atoms with van der Waals surface area (Å²) < 4.78 is 5.32. The normalized spacial score (nSPS) is 20.6. The molecule has 0 bridgehead atoms. The number of hydrogen-bond donors (Lipinski definition) is 2. The van der Waals surface area contributed by atoms with E-state index in [0.717, 1.165) is 19.3 Å². The van der Waals surface area contributed by atoms with E-state index in [1.54, 1.807) is 24.3 Å². The van der Waals surface area contributed by atoms with Crippen LogP contribution in [0.2, 0.25) is 5.02 Å². The van der Waals surface area contributed by atoms with Gasteiger partial charge in [0.05, 0.1) is 6.54 Å². The summed E-state index contributed by atoms with van der Waals surface area (Å²) in [4.78, 5) is 23.6. The van der Waals surface area contributed by atoms with Crippen molar-refractivity contribution >= 4 is 23.4 Å². The highest BCUT2D eigenvalue weighted by Crippen LogP contribution is 2.23. The molecule has 0 aliphatic heterocycles. The molecule has 126 valence electrons. The number of rotatable bonds is 6. The van der Waals surface area contributed by atoms with Crippen molar-refractivity contribution in [3.05, 3.63) is 29.3 Å². The monoisotopic (exact) mass is 338 g/mol. The fraction of sp³-hybridized carbons (Fsp3) is 0.529. The molecule has 0 spiro atoms. The van der Waals surface area contributed by atoms with Crippen LogP contribution in [0.25, 0.3) is 0 Å². The first-order valence-corrected chi connectivity index (χ1v) is 8.37. The molecule has 23 heavy (non-hydrogen) atoms. The molecular weight excluding hydrogens is 316 g/mol. The first-order valence-electron chi connectivity index (χ1n) is 7.99. The van der Waals surface area contributed by atoms with Crippen molar-refractivity contribution in [2.75, 3.05) is 13.2 Å². The quantitative estimate of drug-likeness (QED) is 0.837. The second kappa shape index (κ2) is 8.77. The van der Waals surface area contributed by atoms with Crippen LogP contribution in [0.3, 0.4) is 0 Å². The molecule has 1 aromatic rings. The Bertz CT molecular complexity index is 533. The number of carbonyl (C=O) groups excluding carboxylic acids is 2. The molecule has 2 N–H and O–H groups in total. The van der Waals surface area contributed by atoms with Crippen molar-refractivity contribution in [3.8, 4) is 5.75 Å². The third-order valence-electron chi connectivity index (χ3n) is 4.09. The third-order valence-corrected chi connectivity index (χ3v) is 4.34. The Morgan fingerprint density at radius 3 is 2.57 bits per heavy atom. The summed E-state index contributed by atoms with van der Waals surface area (Å²) >= 11 is 5.77. The molecular formula is C17H23ClN2O3. The summed E-state index contributed by atoms with van der Waals surface area (Å²) in [6.45, 7) is 2.00. The molecule has 1 saturated carbocycles. The van der Waals surface area contributed by atoms with Gasteiger partial charge in [0.25, 0.3) is 5.91 Å². The maximum absolute atomic E-state index is 11.9.